The molecule has 0 aromatic heterocycles. The van der Waals surface area contributed by atoms with Crippen LogP contribution in [0, 0.1) is 23.5 Å². The highest BCUT2D eigenvalue weighted by molar-refractivity contribution is 7.91. The summed E-state index contributed by atoms with van der Waals surface area (Å²) in [6, 6.07) is 5.87. The maximum Gasteiger partial charge on any atom is 0.416 e. The summed E-state index contributed by atoms with van der Waals surface area (Å²) in [5.74, 6) is -3.44. The molecule has 2 aromatic carbocycles. The van der Waals surface area contributed by atoms with Crippen LogP contribution in [0.25, 0.3) is 0 Å². The summed E-state index contributed by atoms with van der Waals surface area (Å²) >= 11 is 0. The van der Waals surface area contributed by atoms with Gasteiger partial charge in [-0.15, -0.1) is 0 Å². The van der Waals surface area contributed by atoms with E-state index >= 15 is 0 Å². The number of carbonyl (C=O) groups is 1. The molecule has 0 spiro atoms. The highest BCUT2D eigenvalue weighted by Crippen LogP contribution is 2.33. The van der Waals surface area contributed by atoms with Crippen molar-refractivity contribution in [3.63, 3.8) is 0 Å². The van der Waals surface area contributed by atoms with Gasteiger partial charge in [-0.1, -0.05) is 0 Å². The van der Waals surface area contributed by atoms with Crippen LogP contribution in [0.5, 0.6) is 5.75 Å². The lowest BCUT2D eigenvalue weighted by Crippen LogP contribution is -2.34. The molecule has 0 amide bonds. The standard InChI is InChI=1S/C21H19F5O4S/c22-16-4-8-19(23)20(10-16)30-11-14-9-17(27)5-1-13(14)12-31(28,29)18-6-2-15(3-7-18)21(24,25)26/h2-4,6-8,10,13-14H,1,5,9,11-12H2/t13?,14-/m1/s1. The first-order chi connectivity index (χ1) is 14.5. The van der Waals surface area contributed by atoms with E-state index in [4.69, 9.17) is 4.74 Å². The Labute approximate surface area is 175 Å². The van der Waals surface area contributed by atoms with Gasteiger partial charge in [-0.3, -0.25) is 4.79 Å². The van der Waals surface area contributed by atoms with Gasteiger partial charge in [0.25, 0.3) is 0 Å². The summed E-state index contributed by atoms with van der Waals surface area (Å²) in [4.78, 5) is 11.6. The summed E-state index contributed by atoms with van der Waals surface area (Å²) in [5, 5.41) is 0. The lowest BCUT2D eigenvalue weighted by molar-refractivity contribution is -0.137. The van der Waals surface area contributed by atoms with E-state index in [2.05, 4.69) is 0 Å². The van der Waals surface area contributed by atoms with Gasteiger partial charge < -0.3 is 4.74 Å². The van der Waals surface area contributed by atoms with Crippen LogP contribution in [0.3, 0.4) is 0 Å². The van der Waals surface area contributed by atoms with Crippen LogP contribution in [0.15, 0.2) is 47.4 Å². The van der Waals surface area contributed by atoms with Gasteiger partial charge in [0.15, 0.2) is 21.4 Å². The minimum atomic E-state index is -4.58. The van der Waals surface area contributed by atoms with E-state index in [1.54, 1.807) is 0 Å². The minimum Gasteiger partial charge on any atom is -0.490 e. The monoisotopic (exact) mass is 462 g/mol. The summed E-state index contributed by atoms with van der Waals surface area (Å²) in [6.07, 6.45) is -4.15. The second-order valence-corrected chi connectivity index (χ2v) is 9.53. The van der Waals surface area contributed by atoms with Gasteiger partial charge in [-0.25, -0.2) is 17.2 Å². The van der Waals surface area contributed by atoms with Gasteiger partial charge in [0.1, 0.15) is 11.6 Å². The van der Waals surface area contributed by atoms with Crippen molar-refractivity contribution in [1.82, 2.24) is 0 Å². The lowest BCUT2D eigenvalue weighted by Gasteiger charge is -2.30. The number of alkyl halides is 3. The number of benzene rings is 2. The van der Waals surface area contributed by atoms with E-state index in [0.717, 1.165) is 30.3 Å². The Morgan fingerprint density at radius 2 is 1.68 bits per heavy atom. The van der Waals surface area contributed by atoms with Gasteiger partial charge in [-0.2, -0.15) is 13.2 Å². The lowest BCUT2D eigenvalue weighted by atomic mass is 9.80. The highest BCUT2D eigenvalue weighted by Gasteiger charge is 2.35. The second-order valence-electron chi connectivity index (χ2n) is 7.49. The number of hydrogen-bond donors (Lipinski definition) is 0. The molecular weight excluding hydrogens is 443 g/mol. The molecule has 1 unspecified atom stereocenters. The Kier molecular flexibility index (Phi) is 6.68. The molecule has 168 valence electrons. The Balaban J connectivity index is 1.74. The number of rotatable bonds is 6. The number of hydrogen-bond acceptors (Lipinski definition) is 4. The molecule has 1 aliphatic carbocycles. The molecule has 0 saturated heterocycles. The van der Waals surface area contributed by atoms with Crippen molar-refractivity contribution in [2.45, 2.75) is 30.3 Å². The van der Waals surface area contributed by atoms with Crippen LogP contribution in [0.1, 0.15) is 24.8 Å². The molecule has 0 aliphatic heterocycles. The van der Waals surface area contributed by atoms with Crippen LogP contribution >= 0.6 is 0 Å². The van der Waals surface area contributed by atoms with Crippen LogP contribution < -0.4 is 4.74 Å². The van der Waals surface area contributed by atoms with Crippen molar-refractivity contribution < 1.29 is 39.9 Å². The van der Waals surface area contributed by atoms with E-state index in [9.17, 15) is 35.2 Å². The molecule has 2 atom stereocenters. The second kappa shape index (κ2) is 8.94. The molecule has 0 bridgehead atoms. The number of Topliss-reactive ketones (excluding diaryl/α,β-unsaturated/α-hetero) is 1. The molecule has 3 rings (SSSR count). The molecular formula is C21H19F5O4S. The maximum atomic E-state index is 13.8. The van der Waals surface area contributed by atoms with E-state index in [1.165, 1.54) is 0 Å². The van der Waals surface area contributed by atoms with Crippen LogP contribution in [-0.4, -0.2) is 26.6 Å². The first-order valence-electron chi connectivity index (χ1n) is 9.45. The Bertz CT molecular complexity index is 1050. The van der Waals surface area contributed by atoms with Gasteiger partial charge >= 0.3 is 6.18 Å². The van der Waals surface area contributed by atoms with Crippen molar-refractivity contribution >= 4 is 15.6 Å². The predicted molar refractivity (Wildman–Crippen MR) is 101 cm³/mol. The first-order valence-corrected chi connectivity index (χ1v) is 11.1. The highest BCUT2D eigenvalue weighted by atomic mass is 32.2. The van der Waals surface area contributed by atoms with Gasteiger partial charge in [-0.05, 0) is 48.7 Å². The maximum absolute atomic E-state index is 13.8. The molecule has 1 fully saturated rings. The smallest absolute Gasteiger partial charge is 0.416 e. The fourth-order valence-corrected chi connectivity index (χ4v) is 5.32. The van der Waals surface area contributed by atoms with Crippen molar-refractivity contribution in [1.29, 1.82) is 0 Å². The van der Waals surface area contributed by atoms with Gasteiger partial charge in [0.2, 0.25) is 0 Å². The third-order valence-corrected chi connectivity index (χ3v) is 7.13. The summed E-state index contributed by atoms with van der Waals surface area (Å²) in [6.45, 7) is -0.195. The fraction of sp³-hybridized carbons (Fsp3) is 0.381. The number of carbonyl (C=O) groups excluding carboxylic acids is 1. The zero-order valence-corrected chi connectivity index (χ0v) is 17.0. The summed E-state index contributed by atoms with van der Waals surface area (Å²) in [7, 11) is -3.94. The van der Waals surface area contributed by atoms with E-state index < -0.39 is 50.8 Å². The number of ether oxygens (including phenoxy) is 1. The number of sulfone groups is 1. The third-order valence-electron chi connectivity index (χ3n) is 5.27. The van der Waals surface area contributed by atoms with Crippen LogP contribution in [-0.2, 0) is 20.8 Å². The number of ketones is 1. The zero-order chi connectivity index (χ0) is 22.8. The van der Waals surface area contributed by atoms with Crippen molar-refractivity contribution in [3.05, 3.63) is 59.7 Å². The number of halogens is 5. The molecule has 2 aromatic rings. The van der Waals surface area contributed by atoms with Crippen LogP contribution in [0.4, 0.5) is 22.0 Å². The third kappa shape index (κ3) is 5.81. The molecule has 1 saturated carbocycles. The van der Waals surface area contributed by atoms with Gasteiger partial charge in [0, 0.05) is 24.8 Å². The Morgan fingerprint density at radius 3 is 2.32 bits per heavy atom. The van der Waals surface area contributed by atoms with E-state index in [0.29, 0.717) is 12.1 Å². The average Bonchev–Trinajstić information content (AvgIpc) is 2.70. The van der Waals surface area contributed by atoms with Crippen molar-refractivity contribution in [3.8, 4) is 5.75 Å². The van der Waals surface area contributed by atoms with Gasteiger partial charge in [0.05, 0.1) is 22.8 Å². The molecule has 10 heteroatoms. The minimum absolute atomic E-state index is 0.0180. The van der Waals surface area contributed by atoms with Crippen molar-refractivity contribution in [2.24, 2.45) is 11.8 Å². The first kappa shape index (κ1) is 23.2. The van der Waals surface area contributed by atoms with E-state index in [-0.39, 0.29) is 42.3 Å². The predicted octanol–water partition coefficient (Wildman–Crippen LogP) is 4.82. The SMILES string of the molecule is O=C1CCC(CS(=O)(=O)c2ccc(C(F)(F)F)cc2)[C@@H](COc2cc(F)ccc2F)C1. The topological polar surface area (TPSA) is 60.4 Å². The quantitative estimate of drug-likeness (QED) is 0.578. The molecule has 0 radical (unpaired) electrons. The summed E-state index contributed by atoms with van der Waals surface area (Å²) < 4.78 is 96.0. The summed E-state index contributed by atoms with van der Waals surface area (Å²) in [5.41, 5.74) is -0.960. The largest absolute Gasteiger partial charge is 0.490 e. The van der Waals surface area contributed by atoms with E-state index in [1.807, 2.05) is 0 Å². The zero-order valence-electron chi connectivity index (χ0n) is 16.2. The average molecular weight is 462 g/mol. The molecule has 0 heterocycles. The molecule has 1 aliphatic rings. The van der Waals surface area contributed by atoms with Crippen LogP contribution in [0.2, 0.25) is 0 Å². The normalized spacial score (nSPS) is 20.0. The Morgan fingerprint density at radius 1 is 1.00 bits per heavy atom. The van der Waals surface area contributed by atoms with Crippen molar-refractivity contribution in [2.75, 3.05) is 12.4 Å². The molecule has 4 nitrogen and oxygen atoms in total. The molecule has 0 N–H and O–H groups in total. The molecule has 31 heavy (non-hydrogen) atoms. The fourth-order valence-electron chi connectivity index (χ4n) is 3.57. The Hall–Kier alpha value is -2.49.